The van der Waals surface area contributed by atoms with E-state index in [2.05, 4.69) is 35.2 Å². The van der Waals surface area contributed by atoms with E-state index in [0.29, 0.717) is 6.04 Å². The monoisotopic (exact) mass is 219 g/mol. The second-order valence-electron chi connectivity index (χ2n) is 4.71. The van der Waals surface area contributed by atoms with Crippen molar-refractivity contribution >= 4 is 5.82 Å². The summed E-state index contributed by atoms with van der Waals surface area (Å²) in [4.78, 5) is 6.84. The molecule has 0 aromatic carbocycles. The zero-order valence-corrected chi connectivity index (χ0v) is 10.4. The first-order valence-electron chi connectivity index (χ1n) is 6.05. The summed E-state index contributed by atoms with van der Waals surface area (Å²) in [5.74, 6) is 1.99. The van der Waals surface area contributed by atoms with Crippen LogP contribution >= 0.6 is 0 Å². The molecular weight excluding hydrogens is 198 g/mol. The van der Waals surface area contributed by atoms with E-state index in [9.17, 15) is 0 Å². The lowest BCUT2D eigenvalue weighted by molar-refractivity contribution is 0.600. The second kappa shape index (κ2) is 4.83. The summed E-state index contributed by atoms with van der Waals surface area (Å²) >= 11 is 0. The fourth-order valence-corrected chi connectivity index (χ4v) is 2.16. The molecule has 16 heavy (non-hydrogen) atoms. The van der Waals surface area contributed by atoms with Gasteiger partial charge in [-0.25, -0.2) is 4.98 Å². The van der Waals surface area contributed by atoms with Gasteiger partial charge in [0.2, 0.25) is 0 Å². The molecule has 1 N–H and O–H groups in total. The van der Waals surface area contributed by atoms with Crippen molar-refractivity contribution in [2.75, 3.05) is 19.0 Å². The Hall–Kier alpha value is -1.09. The highest BCUT2D eigenvalue weighted by molar-refractivity contribution is 5.47. The average molecular weight is 219 g/mol. The second-order valence-corrected chi connectivity index (χ2v) is 4.71. The summed E-state index contributed by atoms with van der Waals surface area (Å²) < 4.78 is 0. The molecule has 1 aliphatic rings. The molecule has 1 aromatic rings. The maximum absolute atomic E-state index is 4.51. The Labute approximate surface area is 97.9 Å². The summed E-state index contributed by atoms with van der Waals surface area (Å²) in [6.07, 6.45) is 4.63. The van der Waals surface area contributed by atoms with Gasteiger partial charge in [-0.05, 0) is 38.8 Å². The van der Waals surface area contributed by atoms with Crippen molar-refractivity contribution in [3.05, 3.63) is 23.9 Å². The SMILES string of the molecule is CNCc1cccnc1N(C)C(C)C1CC1. The highest BCUT2D eigenvalue weighted by Gasteiger charge is 2.31. The Balaban J connectivity index is 2.17. The van der Waals surface area contributed by atoms with E-state index < -0.39 is 0 Å². The van der Waals surface area contributed by atoms with Crippen LogP contribution in [0.1, 0.15) is 25.3 Å². The van der Waals surface area contributed by atoms with Gasteiger partial charge in [0.25, 0.3) is 0 Å². The van der Waals surface area contributed by atoms with Crippen LogP contribution in [-0.4, -0.2) is 25.1 Å². The smallest absolute Gasteiger partial charge is 0.132 e. The molecule has 1 aliphatic carbocycles. The molecule has 3 nitrogen and oxygen atoms in total. The number of rotatable bonds is 5. The van der Waals surface area contributed by atoms with Crippen molar-refractivity contribution in [1.29, 1.82) is 0 Å². The molecule has 1 saturated carbocycles. The lowest BCUT2D eigenvalue weighted by Crippen LogP contribution is -2.32. The van der Waals surface area contributed by atoms with Crippen LogP contribution in [0.15, 0.2) is 18.3 Å². The van der Waals surface area contributed by atoms with Crippen LogP contribution in [0.25, 0.3) is 0 Å². The standard InChI is InChI=1S/C13H21N3/c1-10(11-6-7-11)16(3)13-12(9-14-2)5-4-8-15-13/h4-5,8,10-11,14H,6-7,9H2,1-3H3. The van der Waals surface area contributed by atoms with Crippen LogP contribution in [0.2, 0.25) is 0 Å². The number of hydrogen-bond donors (Lipinski definition) is 1. The number of hydrogen-bond acceptors (Lipinski definition) is 3. The maximum atomic E-state index is 4.51. The number of anilines is 1. The van der Waals surface area contributed by atoms with Gasteiger partial charge >= 0.3 is 0 Å². The van der Waals surface area contributed by atoms with E-state index in [1.165, 1.54) is 18.4 Å². The Morgan fingerprint density at radius 1 is 1.56 bits per heavy atom. The van der Waals surface area contributed by atoms with Gasteiger partial charge in [-0.15, -0.1) is 0 Å². The van der Waals surface area contributed by atoms with E-state index in [4.69, 9.17) is 0 Å². The average Bonchev–Trinajstić information content (AvgIpc) is 3.12. The van der Waals surface area contributed by atoms with Crippen LogP contribution in [0.5, 0.6) is 0 Å². The van der Waals surface area contributed by atoms with Crippen molar-refractivity contribution in [1.82, 2.24) is 10.3 Å². The van der Waals surface area contributed by atoms with Crippen LogP contribution in [0.3, 0.4) is 0 Å². The Kier molecular flexibility index (Phi) is 3.44. The van der Waals surface area contributed by atoms with Crippen molar-refractivity contribution in [2.24, 2.45) is 5.92 Å². The molecular formula is C13H21N3. The molecule has 1 unspecified atom stereocenters. The lowest BCUT2D eigenvalue weighted by atomic mass is 10.1. The van der Waals surface area contributed by atoms with Gasteiger partial charge in [0.1, 0.15) is 5.82 Å². The summed E-state index contributed by atoms with van der Waals surface area (Å²) in [5.41, 5.74) is 1.28. The summed E-state index contributed by atoms with van der Waals surface area (Å²) in [6.45, 7) is 3.18. The molecule has 0 amide bonds. The maximum Gasteiger partial charge on any atom is 0.132 e. The third-order valence-corrected chi connectivity index (χ3v) is 3.48. The van der Waals surface area contributed by atoms with Crippen LogP contribution in [0.4, 0.5) is 5.82 Å². The molecule has 0 aliphatic heterocycles. The molecule has 2 rings (SSSR count). The van der Waals surface area contributed by atoms with Crippen LogP contribution < -0.4 is 10.2 Å². The van der Waals surface area contributed by atoms with Crippen molar-refractivity contribution in [2.45, 2.75) is 32.4 Å². The van der Waals surface area contributed by atoms with Gasteiger partial charge in [-0.2, -0.15) is 0 Å². The lowest BCUT2D eigenvalue weighted by Gasteiger charge is -2.27. The van der Waals surface area contributed by atoms with E-state index in [0.717, 1.165) is 18.3 Å². The minimum absolute atomic E-state index is 0.602. The van der Waals surface area contributed by atoms with Crippen molar-refractivity contribution in [3.8, 4) is 0 Å². The zero-order valence-electron chi connectivity index (χ0n) is 10.4. The fourth-order valence-electron chi connectivity index (χ4n) is 2.16. The van der Waals surface area contributed by atoms with Gasteiger partial charge in [-0.1, -0.05) is 6.07 Å². The predicted molar refractivity (Wildman–Crippen MR) is 67.6 cm³/mol. The number of aromatic nitrogens is 1. The Morgan fingerprint density at radius 2 is 2.31 bits per heavy atom. The molecule has 1 aromatic heterocycles. The number of nitrogens with one attached hydrogen (secondary N) is 1. The number of pyridine rings is 1. The molecule has 0 radical (unpaired) electrons. The molecule has 1 heterocycles. The van der Waals surface area contributed by atoms with E-state index >= 15 is 0 Å². The summed E-state index contributed by atoms with van der Waals surface area (Å²) in [7, 11) is 4.13. The normalized spacial score (nSPS) is 17.2. The predicted octanol–water partition coefficient (Wildman–Crippen LogP) is 2.04. The van der Waals surface area contributed by atoms with Crippen LogP contribution in [0, 0.1) is 5.92 Å². The summed E-state index contributed by atoms with van der Waals surface area (Å²) in [5, 5.41) is 3.20. The molecule has 0 bridgehead atoms. The highest BCUT2D eigenvalue weighted by atomic mass is 15.2. The van der Waals surface area contributed by atoms with Gasteiger partial charge in [0, 0.05) is 31.4 Å². The third-order valence-electron chi connectivity index (χ3n) is 3.48. The Bertz CT molecular complexity index is 347. The molecule has 1 fully saturated rings. The van der Waals surface area contributed by atoms with E-state index in [1.807, 2.05) is 19.3 Å². The van der Waals surface area contributed by atoms with E-state index in [-0.39, 0.29) is 0 Å². The molecule has 88 valence electrons. The van der Waals surface area contributed by atoms with Crippen molar-refractivity contribution < 1.29 is 0 Å². The fraction of sp³-hybridized carbons (Fsp3) is 0.615. The minimum atomic E-state index is 0.602. The first kappa shape index (κ1) is 11.4. The molecule has 0 saturated heterocycles. The Morgan fingerprint density at radius 3 is 2.94 bits per heavy atom. The molecule has 0 spiro atoms. The van der Waals surface area contributed by atoms with E-state index in [1.54, 1.807) is 0 Å². The zero-order chi connectivity index (χ0) is 11.5. The van der Waals surface area contributed by atoms with Crippen molar-refractivity contribution in [3.63, 3.8) is 0 Å². The highest BCUT2D eigenvalue weighted by Crippen LogP contribution is 2.36. The van der Waals surface area contributed by atoms with Gasteiger partial charge in [0.05, 0.1) is 0 Å². The van der Waals surface area contributed by atoms with Gasteiger partial charge in [0.15, 0.2) is 0 Å². The summed E-state index contributed by atoms with van der Waals surface area (Å²) in [6, 6.07) is 4.76. The quantitative estimate of drug-likeness (QED) is 0.821. The van der Waals surface area contributed by atoms with Crippen LogP contribution in [-0.2, 0) is 6.54 Å². The molecule has 1 atom stereocenters. The van der Waals surface area contributed by atoms with Gasteiger partial charge in [-0.3, -0.25) is 0 Å². The first-order valence-corrected chi connectivity index (χ1v) is 6.05. The molecule has 3 heteroatoms. The largest absolute Gasteiger partial charge is 0.356 e. The number of nitrogens with zero attached hydrogens (tertiary/aromatic N) is 2. The minimum Gasteiger partial charge on any atom is -0.356 e. The third kappa shape index (κ3) is 2.35. The van der Waals surface area contributed by atoms with Gasteiger partial charge < -0.3 is 10.2 Å². The first-order chi connectivity index (χ1) is 7.74. The topological polar surface area (TPSA) is 28.2 Å².